The Labute approximate surface area is 117 Å². The Morgan fingerprint density at radius 3 is 2.25 bits per heavy atom. The molecule has 0 spiro atoms. The van der Waals surface area contributed by atoms with Gasteiger partial charge in [0.2, 0.25) is 0 Å². The lowest BCUT2D eigenvalue weighted by Crippen LogP contribution is -2.35. The lowest BCUT2D eigenvalue weighted by molar-refractivity contribution is -0.190. The summed E-state index contributed by atoms with van der Waals surface area (Å²) in [5.74, 6) is -0.940. The average molecular weight is 263 g/mol. The molecule has 98 valence electrons. The monoisotopic (exact) mass is 263 g/mol. The van der Waals surface area contributed by atoms with Gasteiger partial charge in [0.05, 0.1) is 24.5 Å². The first-order valence-corrected chi connectivity index (χ1v) is 6.38. The molecule has 0 amide bonds. The fourth-order valence-electron chi connectivity index (χ4n) is 2.27. The van der Waals surface area contributed by atoms with E-state index in [-0.39, 0.29) is 0 Å². The van der Waals surface area contributed by atoms with Gasteiger partial charge in [-0.25, -0.2) is 0 Å². The minimum absolute atomic E-state index is 0.481. The highest BCUT2D eigenvalue weighted by Gasteiger charge is 2.38. The van der Waals surface area contributed by atoms with E-state index in [0.717, 1.165) is 11.1 Å². The molecule has 0 saturated carbocycles. The highest BCUT2D eigenvalue weighted by molar-refractivity contribution is 5.39. The molecule has 0 aliphatic carbocycles. The Balaban J connectivity index is 2.10. The Kier molecular flexibility index (Phi) is 3.24. The van der Waals surface area contributed by atoms with Gasteiger partial charge in [0.1, 0.15) is 0 Å². The quantitative estimate of drug-likeness (QED) is 0.834. The first-order chi connectivity index (χ1) is 9.85. The van der Waals surface area contributed by atoms with Crippen molar-refractivity contribution in [2.24, 2.45) is 0 Å². The van der Waals surface area contributed by atoms with Crippen molar-refractivity contribution in [3.8, 4) is 6.07 Å². The third-order valence-electron chi connectivity index (χ3n) is 3.26. The predicted molar refractivity (Wildman–Crippen MR) is 74.6 cm³/mol. The van der Waals surface area contributed by atoms with Crippen molar-refractivity contribution in [3.63, 3.8) is 0 Å². The molecule has 2 aromatic rings. The summed E-state index contributed by atoms with van der Waals surface area (Å²) in [4.78, 5) is 0. The van der Waals surface area contributed by atoms with Gasteiger partial charge in [-0.15, -0.1) is 0 Å². The zero-order chi connectivity index (χ0) is 13.8. The Morgan fingerprint density at radius 1 is 0.950 bits per heavy atom. The zero-order valence-electron chi connectivity index (χ0n) is 10.8. The first-order valence-electron chi connectivity index (χ1n) is 6.38. The van der Waals surface area contributed by atoms with Gasteiger partial charge >= 0.3 is 0 Å². The topological polar surface area (TPSA) is 42.2 Å². The van der Waals surface area contributed by atoms with Crippen LogP contribution in [0.5, 0.6) is 0 Å². The summed E-state index contributed by atoms with van der Waals surface area (Å²) in [6.45, 7) is 0.481. The molecule has 1 heterocycles. The molecule has 0 saturated heterocycles. The molecule has 20 heavy (non-hydrogen) atoms. The average Bonchev–Trinajstić information content (AvgIpc) is 2.56. The van der Waals surface area contributed by atoms with Gasteiger partial charge in [0.25, 0.3) is 5.79 Å². The Morgan fingerprint density at radius 2 is 1.65 bits per heavy atom. The van der Waals surface area contributed by atoms with Gasteiger partial charge in [-0.2, -0.15) is 5.26 Å². The lowest BCUT2D eigenvalue weighted by atomic mass is 9.96. The zero-order valence-corrected chi connectivity index (χ0v) is 10.8. The second kappa shape index (κ2) is 5.20. The molecule has 2 aromatic carbocycles. The van der Waals surface area contributed by atoms with Crippen molar-refractivity contribution >= 4 is 0 Å². The van der Waals surface area contributed by atoms with E-state index in [9.17, 15) is 0 Å². The molecule has 3 nitrogen and oxygen atoms in total. The van der Waals surface area contributed by atoms with E-state index < -0.39 is 5.79 Å². The van der Waals surface area contributed by atoms with Crippen LogP contribution >= 0.6 is 0 Å². The standard InChI is InChI=1S/C17H13NO2/c18-13-14-7-9-16(10-8-14)17(19-11-4-12-20-17)15-5-2-1-3-6-15/h1-11H,12H2. The largest absolute Gasteiger partial charge is 0.461 e. The molecule has 1 unspecified atom stereocenters. The Bertz CT molecular complexity index is 656. The number of rotatable bonds is 2. The maximum atomic E-state index is 8.90. The van der Waals surface area contributed by atoms with Gasteiger partial charge in [0, 0.05) is 11.1 Å². The summed E-state index contributed by atoms with van der Waals surface area (Å²) in [5, 5.41) is 8.90. The number of benzene rings is 2. The molecule has 0 N–H and O–H groups in total. The van der Waals surface area contributed by atoms with Crippen LogP contribution in [-0.4, -0.2) is 6.61 Å². The molecule has 0 bridgehead atoms. The van der Waals surface area contributed by atoms with Crippen molar-refractivity contribution in [2.75, 3.05) is 6.61 Å². The van der Waals surface area contributed by atoms with Crippen LogP contribution in [0.15, 0.2) is 66.9 Å². The molecule has 3 rings (SSSR count). The minimum Gasteiger partial charge on any atom is -0.461 e. The molecular weight excluding hydrogens is 250 g/mol. The summed E-state index contributed by atoms with van der Waals surface area (Å²) in [7, 11) is 0. The first kappa shape index (κ1) is 12.5. The molecule has 0 fully saturated rings. The van der Waals surface area contributed by atoms with Crippen molar-refractivity contribution in [2.45, 2.75) is 5.79 Å². The van der Waals surface area contributed by atoms with Gasteiger partial charge in [-0.1, -0.05) is 42.5 Å². The summed E-state index contributed by atoms with van der Waals surface area (Å²) in [6, 6.07) is 19.2. The van der Waals surface area contributed by atoms with E-state index in [1.165, 1.54) is 0 Å². The van der Waals surface area contributed by atoms with Crippen LogP contribution in [0.25, 0.3) is 0 Å². The number of nitrogens with zero attached hydrogens (tertiary/aromatic N) is 1. The third-order valence-corrected chi connectivity index (χ3v) is 3.26. The smallest absolute Gasteiger partial charge is 0.263 e. The van der Waals surface area contributed by atoms with Crippen molar-refractivity contribution in [3.05, 3.63) is 83.6 Å². The van der Waals surface area contributed by atoms with Crippen LogP contribution < -0.4 is 0 Å². The fourth-order valence-corrected chi connectivity index (χ4v) is 2.27. The van der Waals surface area contributed by atoms with E-state index in [0.29, 0.717) is 12.2 Å². The second-order valence-electron chi connectivity index (χ2n) is 4.47. The van der Waals surface area contributed by atoms with Crippen LogP contribution in [0.4, 0.5) is 0 Å². The molecule has 0 aromatic heterocycles. The predicted octanol–water partition coefficient (Wildman–Crippen LogP) is 3.32. The van der Waals surface area contributed by atoms with E-state index in [4.69, 9.17) is 14.7 Å². The van der Waals surface area contributed by atoms with Gasteiger partial charge in [-0.05, 0) is 18.2 Å². The fraction of sp³-hybridized carbons (Fsp3) is 0.118. The van der Waals surface area contributed by atoms with Crippen LogP contribution in [-0.2, 0) is 15.3 Å². The third kappa shape index (κ3) is 2.07. The summed E-state index contributed by atoms with van der Waals surface area (Å²) in [5.41, 5.74) is 2.41. The van der Waals surface area contributed by atoms with Gasteiger partial charge in [0.15, 0.2) is 0 Å². The van der Waals surface area contributed by atoms with E-state index >= 15 is 0 Å². The summed E-state index contributed by atoms with van der Waals surface area (Å²) < 4.78 is 11.7. The van der Waals surface area contributed by atoms with Crippen LogP contribution in [0, 0.1) is 11.3 Å². The van der Waals surface area contributed by atoms with Gasteiger partial charge in [-0.3, -0.25) is 0 Å². The molecule has 1 aliphatic rings. The van der Waals surface area contributed by atoms with E-state index in [1.807, 2.05) is 48.5 Å². The number of nitriles is 1. The lowest BCUT2D eigenvalue weighted by Gasteiger charge is -2.35. The van der Waals surface area contributed by atoms with Crippen LogP contribution in [0.3, 0.4) is 0 Å². The highest BCUT2D eigenvalue weighted by Crippen LogP contribution is 2.37. The normalized spacial score (nSPS) is 20.9. The van der Waals surface area contributed by atoms with Crippen molar-refractivity contribution < 1.29 is 9.47 Å². The molecule has 3 heteroatoms. The molecule has 1 atom stereocenters. The molecule has 0 radical (unpaired) electrons. The van der Waals surface area contributed by atoms with Crippen molar-refractivity contribution in [1.82, 2.24) is 0 Å². The summed E-state index contributed by atoms with van der Waals surface area (Å²) >= 11 is 0. The second-order valence-corrected chi connectivity index (χ2v) is 4.47. The SMILES string of the molecule is N#Cc1ccc(C2(c3ccccc3)OC=CCO2)cc1. The van der Waals surface area contributed by atoms with E-state index in [2.05, 4.69) is 6.07 Å². The Hall–Kier alpha value is -2.57. The maximum Gasteiger partial charge on any atom is 0.263 e. The minimum atomic E-state index is -0.940. The number of hydrogen-bond acceptors (Lipinski definition) is 3. The summed E-state index contributed by atoms with van der Waals surface area (Å²) in [6.07, 6.45) is 3.49. The molecular formula is C17H13NO2. The highest BCUT2D eigenvalue weighted by atomic mass is 16.7. The van der Waals surface area contributed by atoms with E-state index in [1.54, 1.807) is 18.4 Å². The number of ether oxygens (including phenoxy) is 2. The van der Waals surface area contributed by atoms with Gasteiger partial charge < -0.3 is 9.47 Å². The van der Waals surface area contributed by atoms with Crippen LogP contribution in [0.1, 0.15) is 16.7 Å². The van der Waals surface area contributed by atoms with Crippen molar-refractivity contribution in [1.29, 1.82) is 5.26 Å². The maximum absolute atomic E-state index is 8.90. The van der Waals surface area contributed by atoms with Crippen LogP contribution in [0.2, 0.25) is 0 Å². The number of hydrogen-bond donors (Lipinski definition) is 0. The molecule has 1 aliphatic heterocycles.